The largest absolute Gasteiger partial charge is 0.388 e. The van der Waals surface area contributed by atoms with Crippen LogP contribution >= 0.6 is 0 Å². The number of non-ortho nitro benzene ring substituents is 1. The van der Waals surface area contributed by atoms with E-state index in [2.05, 4.69) is 10.3 Å². The van der Waals surface area contributed by atoms with Crippen molar-refractivity contribution in [1.29, 1.82) is 0 Å². The molecule has 1 atom stereocenters. The number of aliphatic hydroxyl groups is 1. The number of rotatable bonds is 5. The molecular formula is C14H17N3O3. The molecule has 2 aromatic rings. The Morgan fingerprint density at radius 3 is 2.80 bits per heavy atom. The first-order chi connectivity index (χ1) is 9.41. The summed E-state index contributed by atoms with van der Waals surface area (Å²) in [6.45, 7) is 4.06. The monoisotopic (exact) mass is 275 g/mol. The summed E-state index contributed by atoms with van der Waals surface area (Å²) in [6.07, 6.45) is 0.639. The molecule has 0 aliphatic carbocycles. The molecule has 0 radical (unpaired) electrons. The SMILES string of the molecule is CC[C@](C)(O)CNc1ccc2cc([N+](=O)[O-])ccc2n1. The van der Waals surface area contributed by atoms with Crippen molar-refractivity contribution in [3.63, 3.8) is 0 Å². The average Bonchev–Trinajstić information content (AvgIpc) is 2.44. The first kappa shape index (κ1) is 14.2. The number of anilines is 1. The Hall–Kier alpha value is -2.21. The lowest BCUT2D eigenvalue weighted by atomic mass is 10.0. The minimum Gasteiger partial charge on any atom is -0.388 e. The molecule has 0 unspecified atom stereocenters. The average molecular weight is 275 g/mol. The highest BCUT2D eigenvalue weighted by molar-refractivity contribution is 5.82. The molecule has 2 N–H and O–H groups in total. The van der Waals surface area contributed by atoms with Crippen LogP contribution in [0, 0.1) is 10.1 Å². The van der Waals surface area contributed by atoms with Crippen LogP contribution in [0.25, 0.3) is 10.9 Å². The third kappa shape index (κ3) is 3.21. The second-order valence-corrected chi connectivity index (χ2v) is 5.03. The Morgan fingerprint density at radius 1 is 1.40 bits per heavy atom. The summed E-state index contributed by atoms with van der Waals surface area (Å²) in [5.74, 6) is 0.639. The summed E-state index contributed by atoms with van der Waals surface area (Å²) in [7, 11) is 0. The molecule has 0 fully saturated rings. The third-order valence-electron chi connectivity index (χ3n) is 3.30. The van der Waals surface area contributed by atoms with Gasteiger partial charge in [0.05, 0.1) is 16.0 Å². The van der Waals surface area contributed by atoms with Gasteiger partial charge in [-0.05, 0) is 31.5 Å². The number of nitrogens with zero attached hydrogens (tertiary/aromatic N) is 2. The molecule has 1 aromatic heterocycles. The Morgan fingerprint density at radius 2 is 2.15 bits per heavy atom. The molecule has 0 saturated carbocycles. The smallest absolute Gasteiger partial charge is 0.270 e. The Kier molecular flexibility index (Phi) is 3.85. The predicted octanol–water partition coefficient (Wildman–Crippen LogP) is 2.72. The van der Waals surface area contributed by atoms with Gasteiger partial charge in [0.2, 0.25) is 0 Å². The molecule has 1 heterocycles. The fourth-order valence-electron chi connectivity index (χ4n) is 1.73. The minimum absolute atomic E-state index is 0.0499. The summed E-state index contributed by atoms with van der Waals surface area (Å²) in [5.41, 5.74) is -0.0581. The molecule has 6 nitrogen and oxygen atoms in total. The zero-order chi connectivity index (χ0) is 14.8. The second-order valence-electron chi connectivity index (χ2n) is 5.03. The van der Waals surface area contributed by atoms with Gasteiger partial charge < -0.3 is 10.4 Å². The topological polar surface area (TPSA) is 88.3 Å². The first-order valence-electron chi connectivity index (χ1n) is 6.43. The predicted molar refractivity (Wildman–Crippen MR) is 77.8 cm³/mol. The van der Waals surface area contributed by atoms with Crippen LogP contribution in [0.3, 0.4) is 0 Å². The lowest BCUT2D eigenvalue weighted by molar-refractivity contribution is -0.384. The summed E-state index contributed by atoms with van der Waals surface area (Å²) in [6, 6.07) is 8.07. The van der Waals surface area contributed by atoms with Crippen LogP contribution in [-0.4, -0.2) is 27.2 Å². The van der Waals surface area contributed by atoms with Crippen molar-refractivity contribution in [2.45, 2.75) is 25.9 Å². The molecule has 1 aromatic carbocycles. The standard InChI is InChI=1S/C14H17N3O3/c1-3-14(2,18)9-15-13-7-4-10-8-11(17(19)20)5-6-12(10)16-13/h4-8,18H,3,9H2,1-2H3,(H,15,16)/t14-/m0/s1. The van der Waals surface area contributed by atoms with Crippen molar-refractivity contribution in [2.24, 2.45) is 0 Å². The van der Waals surface area contributed by atoms with Gasteiger partial charge in [0.15, 0.2) is 0 Å². The van der Waals surface area contributed by atoms with E-state index in [9.17, 15) is 15.2 Å². The van der Waals surface area contributed by atoms with E-state index in [0.717, 1.165) is 0 Å². The molecule has 20 heavy (non-hydrogen) atoms. The van der Waals surface area contributed by atoms with Gasteiger partial charge in [-0.15, -0.1) is 0 Å². The molecular weight excluding hydrogens is 258 g/mol. The molecule has 0 saturated heterocycles. The molecule has 0 spiro atoms. The number of hydrogen-bond donors (Lipinski definition) is 2. The maximum absolute atomic E-state index is 10.7. The van der Waals surface area contributed by atoms with Gasteiger partial charge in [-0.1, -0.05) is 6.92 Å². The fraction of sp³-hybridized carbons (Fsp3) is 0.357. The van der Waals surface area contributed by atoms with Crippen LogP contribution in [0.5, 0.6) is 0 Å². The summed E-state index contributed by atoms with van der Waals surface area (Å²) in [5, 5.41) is 24.4. The van der Waals surface area contributed by atoms with Gasteiger partial charge in [-0.3, -0.25) is 10.1 Å². The molecule has 0 aliphatic heterocycles. The maximum Gasteiger partial charge on any atom is 0.270 e. The van der Waals surface area contributed by atoms with Gasteiger partial charge in [-0.2, -0.15) is 0 Å². The number of nitrogens with one attached hydrogen (secondary N) is 1. The van der Waals surface area contributed by atoms with Gasteiger partial charge in [0, 0.05) is 24.1 Å². The van der Waals surface area contributed by atoms with Crippen LogP contribution < -0.4 is 5.32 Å². The molecule has 6 heteroatoms. The van der Waals surface area contributed by atoms with Gasteiger partial charge in [-0.25, -0.2) is 4.98 Å². The number of nitro benzene ring substituents is 1. The van der Waals surface area contributed by atoms with E-state index in [0.29, 0.717) is 29.7 Å². The number of pyridine rings is 1. The minimum atomic E-state index is -0.786. The Bertz CT molecular complexity index is 641. The Labute approximate surface area is 116 Å². The van der Waals surface area contributed by atoms with E-state index < -0.39 is 10.5 Å². The van der Waals surface area contributed by atoms with Crippen LogP contribution in [-0.2, 0) is 0 Å². The molecule has 2 rings (SSSR count). The van der Waals surface area contributed by atoms with Crippen molar-refractivity contribution < 1.29 is 10.0 Å². The van der Waals surface area contributed by atoms with Crippen LogP contribution in [0.2, 0.25) is 0 Å². The maximum atomic E-state index is 10.7. The number of fused-ring (bicyclic) bond motifs is 1. The third-order valence-corrected chi connectivity index (χ3v) is 3.30. The van der Waals surface area contributed by atoms with Crippen LogP contribution in [0.4, 0.5) is 11.5 Å². The summed E-state index contributed by atoms with van der Waals surface area (Å²) in [4.78, 5) is 14.6. The number of hydrogen-bond acceptors (Lipinski definition) is 5. The van der Waals surface area contributed by atoms with E-state index in [1.807, 2.05) is 6.92 Å². The number of aromatic nitrogens is 1. The highest BCUT2D eigenvalue weighted by atomic mass is 16.6. The molecule has 106 valence electrons. The lowest BCUT2D eigenvalue weighted by Gasteiger charge is -2.21. The van der Waals surface area contributed by atoms with E-state index in [4.69, 9.17) is 0 Å². The summed E-state index contributed by atoms with van der Waals surface area (Å²) < 4.78 is 0. The lowest BCUT2D eigenvalue weighted by Crippen LogP contribution is -2.32. The molecule has 0 bridgehead atoms. The van der Waals surface area contributed by atoms with E-state index in [-0.39, 0.29) is 5.69 Å². The second kappa shape index (κ2) is 5.42. The zero-order valence-electron chi connectivity index (χ0n) is 11.5. The molecule has 0 aliphatic rings. The van der Waals surface area contributed by atoms with E-state index in [1.54, 1.807) is 25.1 Å². The van der Waals surface area contributed by atoms with Crippen LogP contribution in [0.15, 0.2) is 30.3 Å². The van der Waals surface area contributed by atoms with E-state index in [1.165, 1.54) is 12.1 Å². The van der Waals surface area contributed by atoms with Gasteiger partial charge in [0.1, 0.15) is 5.82 Å². The fourth-order valence-corrected chi connectivity index (χ4v) is 1.73. The highest BCUT2D eigenvalue weighted by Gasteiger charge is 2.17. The quantitative estimate of drug-likeness (QED) is 0.647. The number of nitro groups is 1. The van der Waals surface area contributed by atoms with Crippen molar-refractivity contribution in [3.05, 3.63) is 40.4 Å². The Balaban J connectivity index is 2.22. The van der Waals surface area contributed by atoms with Crippen LogP contribution in [0.1, 0.15) is 20.3 Å². The highest BCUT2D eigenvalue weighted by Crippen LogP contribution is 2.21. The van der Waals surface area contributed by atoms with Crippen molar-refractivity contribution in [2.75, 3.05) is 11.9 Å². The van der Waals surface area contributed by atoms with Gasteiger partial charge >= 0.3 is 0 Å². The normalized spacial score (nSPS) is 13.9. The zero-order valence-corrected chi connectivity index (χ0v) is 11.5. The van der Waals surface area contributed by atoms with E-state index >= 15 is 0 Å². The summed E-state index contributed by atoms with van der Waals surface area (Å²) >= 11 is 0. The van der Waals surface area contributed by atoms with Crippen molar-refractivity contribution in [3.8, 4) is 0 Å². The first-order valence-corrected chi connectivity index (χ1v) is 6.43. The van der Waals surface area contributed by atoms with Gasteiger partial charge in [0.25, 0.3) is 5.69 Å². The molecule has 0 amide bonds. The number of benzene rings is 1. The van der Waals surface area contributed by atoms with Crippen molar-refractivity contribution >= 4 is 22.4 Å². The van der Waals surface area contributed by atoms with Crippen molar-refractivity contribution in [1.82, 2.24) is 4.98 Å².